The van der Waals surface area contributed by atoms with Gasteiger partial charge in [-0.15, -0.1) is 0 Å². The number of methoxy groups -OCH3 is 2. The van der Waals surface area contributed by atoms with Crippen molar-refractivity contribution in [3.63, 3.8) is 0 Å². The van der Waals surface area contributed by atoms with Crippen molar-refractivity contribution in [2.75, 3.05) is 21.0 Å². The monoisotopic (exact) mass is 227 g/mol. The van der Waals surface area contributed by atoms with Crippen molar-refractivity contribution < 1.29 is 23.9 Å². The molecule has 1 heterocycles. The maximum atomic E-state index is 10.8. The number of nitro benzene ring substituents is 1. The van der Waals surface area contributed by atoms with E-state index in [0.29, 0.717) is 5.75 Å². The van der Waals surface area contributed by atoms with Gasteiger partial charge in [-0.25, -0.2) is 0 Å². The summed E-state index contributed by atoms with van der Waals surface area (Å²) in [4.78, 5) is 10.3. The summed E-state index contributed by atoms with van der Waals surface area (Å²) in [6.45, 7) is -0.0107. The second-order valence-electron chi connectivity index (χ2n) is 2.95. The summed E-state index contributed by atoms with van der Waals surface area (Å²) in [5.41, 5.74) is -0.219. The zero-order chi connectivity index (χ0) is 11.7. The number of benzene rings is 1. The van der Waals surface area contributed by atoms with E-state index in [0.717, 1.165) is 0 Å². The lowest BCUT2D eigenvalue weighted by atomic mass is 10.2. The Morgan fingerprint density at radius 3 is 2.56 bits per heavy atom. The molecular weight excluding hydrogens is 218 g/mol. The van der Waals surface area contributed by atoms with Gasteiger partial charge in [0, 0.05) is 0 Å². The van der Waals surface area contributed by atoms with Crippen molar-refractivity contribution in [3.05, 3.63) is 16.2 Å². The minimum atomic E-state index is -0.566. The van der Waals surface area contributed by atoms with Gasteiger partial charge in [-0.05, 0) is 0 Å². The summed E-state index contributed by atoms with van der Waals surface area (Å²) in [7, 11) is 2.73. The zero-order valence-corrected chi connectivity index (χ0v) is 8.68. The quantitative estimate of drug-likeness (QED) is 0.572. The molecule has 86 valence electrons. The molecular formula is C9H9NO6. The average Bonchev–Trinajstić information content (AvgIpc) is 2.75. The lowest BCUT2D eigenvalue weighted by Gasteiger charge is -2.08. The number of hydrogen-bond donors (Lipinski definition) is 0. The van der Waals surface area contributed by atoms with Gasteiger partial charge in [0.2, 0.25) is 24.0 Å². The first-order chi connectivity index (χ1) is 7.69. The molecule has 0 bridgehead atoms. The van der Waals surface area contributed by atoms with Crippen LogP contribution in [0.2, 0.25) is 0 Å². The molecule has 0 saturated carbocycles. The standard InChI is InChI=1S/C9H9NO6/c1-13-6-3-5(10(11)12)7(14-2)9-8(6)15-4-16-9/h3H,4H2,1-2H3. The molecule has 16 heavy (non-hydrogen) atoms. The Morgan fingerprint density at radius 2 is 2.00 bits per heavy atom. The molecule has 0 aliphatic carbocycles. The van der Waals surface area contributed by atoms with Crippen LogP contribution in [0.5, 0.6) is 23.0 Å². The Hall–Kier alpha value is -2.18. The van der Waals surface area contributed by atoms with E-state index in [1.54, 1.807) is 0 Å². The number of nitrogens with zero attached hydrogens (tertiary/aromatic N) is 1. The third-order valence-corrected chi connectivity index (χ3v) is 2.16. The van der Waals surface area contributed by atoms with Gasteiger partial charge in [0.15, 0.2) is 5.75 Å². The third kappa shape index (κ3) is 1.37. The highest BCUT2D eigenvalue weighted by atomic mass is 16.7. The first-order valence-corrected chi connectivity index (χ1v) is 4.38. The van der Waals surface area contributed by atoms with E-state index >= 15 is 0 Å². The molecule has 1 aromatic rings. The average molecular weight is 227 g/mol. The summed E-state index contributed by atoms with van der Waals surface area (Å²) in [5.74, 6) is 0.816. The van der Waals surface area contributed by atoms with Crippen molar-refractivity contribution in [1.82, 2.24) is 0 Å². The molecule has 2 rings (SSSR count). The van der Waals surface area contributed by atoms with E-state index in [-0.39, 0.29) is 29.7 Å². The Labute approximate surface area is 90.6 Å². The van der Waals surface area contributed by atoms with E-state index in [1.165, 1.54) is 20.3 Å². The van der Waals surface area contributed by atoms with E-state index in [9.17, 15) is 10.1 Å². The van der Waals surface area contributed by atoms with Crippen LogP contribution in [0.25, 0.3) is 0 Å². The van der Waals surface area contributed by atoms with Crippen molar-refractivity contribution in [3.8, 4) is 23.0 Å². The van der Waals surface area contributed by atoms with Gasteiger partial charge >= 0.3 is 5.69 Å². The molecule has 1 aliphatic rings. The summed E-state index contributed by atoms with van der Waals surface area (Å²) in [5, 5.41) is 10.8. The highest BCUT2D eigenvalue weighted by Gasteiger charge is 2.32. The maximum Gasteiger partial charge on any atom is 0.318 e. The zero-order valence-electron chi connectivity index (χ0n) is 8.68. The van der Waals surface area contributed by atoms with Gasteiger partial charge in [0.25, 0.3) is 0 Å². The minimum Gasteiger partial charge on any atom is -0.492 e. The van der Waals surface area contributed by atoms with Crippen molar-refractivity contribution in [1.29, 1.82) is 0 Å². The van der Waals surface area contributed by atoms with Gasteiger partial charge in [0.05, 0.1) is 25.2 Å². The lowest BCUT2D eigenvalue weighted by molar-refractivity contribution is -0.385. The molecule has 0 saturated heterocycles. The molecule has 0 fully saturated rings. The molecule has 1 aromatic carbocycles. The summed E-state index contributed by atoms with van der Waals surface area (Å²) < 4.78 is 20.2. The van der Waals surface area contributed by atoms with Crippen LogP contribution >= 0.6 is 0 Å². The molecule has 0 atom stereocenters. The molecule has 0 unspecified atom stereocenters. The van der Waals surface area contributed by atoms with E-state index in [2.05, 4.69) is 0 Å². The Kier molecular flexibility index (Phi) is 2.43. The third-order valence-electron chi connectivity index (χ3n) is 2.16. The molecule has 1 aliphatic heterocycles. The van der Waals surface area contributed by atoms with E-state index < -0.39 is 4.92 Å². The number of nitro groups is 1. The van der Waals surface area contributed by atoms with Crippen LogP contribution in [0.1, 0.15) is 0 Å². The van der Waals surface area contributed by atoms with Crippen molar-refractivity contribution >= 4 is 5.69 Å². The highest BCUT2D eigenvalue weighted by molar-refractivity contribution is 5.69. The van der Waals surface area contributed by atoms with Crippen LogP contribution in [-0.4, -0.2) is 25.9 Å². The number of hydrogen-bond acceptors (Lipinski definition) is 6. The van der Waals surface area contributed by atoms with Crippen LogP contribution in [0.4, 0.5) is 5.69 Å². The number of ether oxygens (including phenoxy) is 4. The van der Waals surface area contributed by atoms with Crippen LogP contribution in [0, 0.1) is 10.1 Å². The SMILES string of the molecule is COc1cc([N+](=O)[O-])c(OC)c2c1OCO2. The van der Waals surface area contributed by atoms with Crippen molar-refractivity contribution in [2.45, 2.75) is 0 Å². The minimum absolute atomic E-state index is 0.0107. The lowest BCUT2D eigenvalue weighted by Crippen LogP contribution is -1.97. The van der Waals surface area contributed by atoms with Crippen LogP contribution in [0.15, 0.2) is 6.07 Å². The molecule has 7 heteroatoms. The highest BCUT2D eigenvalue weighted by Crippen LogP contribution is 2.52. The fourth-order valence-corrected chi connectivity index (χ4v) is 1.49. The maximum absolute atomic E-state index is 10.8. The van der Waals surface area contributed by atoms with Crippen LogP contribution < -0.4 is 18.9 Å². The smallest absolute Gasteiger partial charge is 0.318 e. The molecule has 0 aromatic heterocycles. The first kappa shape index (κ1) is 10.3. The molecule has 0 N–H and O–H groups in total. The first-order valence-electron chi connectivity index (χ1n) is 4.38. The second-order valence-corrected chi connectivity index (χ2v) is 2.95. The number of rotatable bonds is 3. The van der Waals surface area contributed by atoms with Gasteiger partial charge in [-0.3, -0.25) is 10.1 Å². The fourth-order valence-electron chi connectivity index (χ4n) is 1.49. The predicted octanol–water partition coefficient (Wildman–Crippen LogP) is 1.34. The van der Waals surface area contributed by atoms with Gasteiger partial charge < -0.3 is 18.9 Å². The van der Waals surface area contributed by atoms with E-state index in [4.69, 9.17) is 18.9 Å². The summed E-state index contributed by atoms with van der Waals surface area (Å²) in [6.07, 6.45) is 0. The van der Waals surface area contributed by atoms with Crippen molar-refractivity contribution in [2.24, 2.45) is 0 Å². The second kappa shape index (κ2) is 3.76. The Balaban J connectivity index is 2.68. The van der Waals surface area contributed by atoms with Gasteiger partial charge in [0.1, 0.15) is 0 Å². The normalized spacial score (nSPS) is 12.4. The Bertz CT molecular complexity index is 444. The summed E-state index contributed by atoms with van der Waals surface area (Å²) >= 11 is 0. The molecule has 0 spiro atoms. The predicted molar refractivity (Wildman–Crippen MR) is 52.3 cm³/mol. The fraction of sp³-hybridized carbons (Fsp3) is 0.333. The largest absolute Gasteiger partial charge is 0.492 e. The van der Waals surface area contributed by atoms with Gasteiger partial charge in [-0.2, -0.15) is 0 Å². The topological polar surface area (TPSA) is 80.1 Å². The molecule has 0 radical (unpaired) electrons. The van der Waals surface area contributed by atoms with E-state index in [1.807, 2.05) is 0 Å². The van der Waals surface area contributed by atoms with Crippen LogP contribution in [0.3, 0.4) is 0 Å². The van der Waals surface area contributed by atoms with Gasteiger partial charge in [-0.1, -0.05) is 0 Å². The van der Waals surface area contributed by atoms with Crippen LogP contribution in [-0.2, 0) is 0 Å². The number of fused-ring (bicyclic) bond motifs is 1. The molecule has 7 nitrogen and oxygen atoms in total. The Morgan fingerprint density at radius 1 is 1.31 bits per heavy atom. The molecule has 0 amide bonds. The summed E-state index contributed by atoms with van der Waals surface area (Å²) in [6, 6.07) is 1.24.